The van der Waals surface area contributed by atoms with Gasteiger partial charge in [-0.25, -0.2) is 4.99 Å². The summed E-state index contributed by atoms with van der Waals surface area (Å²) >= 11 is 6.33. The number of fused-ring (bicyclic) bond motifs is 2. The van der Waals surface area contributed by atoms with Crippen LogP contribution in [0.2, 0.25) is 5.02 Å². The van der Waals surface area contributed by atoms with Crippen LogP contribution in [0.4, 0.5) is 17.1 Å². The molecule has 0 amide bonds. The molecule has 2 aliphatic heterocycles. The molecule has 0 radical (unpaired) electrons. The van der Waals surface area contributed by atoms with Crippen LogP contribution in [0.25, 0.3) is 0 Å². The fourth-order valence-electron chi connectivity index (χ4n) is 3.95. The van der Waals surface area contributed by atoms with Gasteiger partial charge in [0.2, 0.25) is 0 Å². The molecule has 0 N–H and O–H groups in total. The molecule has 0 atom stereocenters. The highest BCUT2D eigenvalue weighted by Crippen LogP contribution is 2.41. The Morgan fingerprint density at radius 2 is 1.77 bits per heavy atom. The first-order chi connectivity index (χ1) is 14.7. The third-order valence-electron chi connectivity index (χ3n) is 5.40. The van der Waals surface area contributed by atoms with Crippen LogP contribution in [-0.4, -0.2) is 67.0 Å². The van der Waals surface area contributed by atoms with E-state index in [1.165, 1.54) is 0 Å². The van der Waals surface area contributed by atoms with Gasteiger partial charge in [-0.2, -0.15) is 0 Å². The molecule has 0 saturated carbocycles. The normalized spacial score (nSPS) is 16.9. The Morgan fingerprint density at radius 3 is 2.48 bits per heavy atom. The SMILES string of the molecule is CN1CCN(C2=Nc3cc(Cl)ccc3N(CC(=O)OC(C)(C)C)c3ccccc32)CC1. The van der Waals surface area contributed by atoms with Crippen LogP contribution in [0.5, 0.6) is 0 Å². The van der Waals surface area contributed by atoms with Gasteiger partial charge in [0, 0.05) is 36.8 Å². The summed E-state index contributed by atoms with van der Waals surface area (Å²) in [5.74, 6) is 0.630. The summed E-state index contributed by atoms with van der Waals surface area (Å²) in [6.45, 7) is 9.47. The highest BCUT2D eigenvalue weighted by Gasteiger charge is 2.29. The number of halogens is 1. The first-order valence-electron chi connectivity index (χ1n) is 10.6. The minimum Gasteiger partial charge on any atom is -0.459 e. The molecule has 0 bridgehead atoms. The van der Waals surface area contributed by atoms with Crippen molar-refractivity contribution in [1.82, 2.24) is 9.80 Å². The quantitative estimate of drug-likeness (QED) is 0.645. The second-order valence-electron chi connectivity index (χ2n) is 9.05. The van der Waals surface area contributed by atoms with Gasteiger partial charge in [-0.1, -0.05) is 23.7 Å². The number of ether oxygens (including phenoxy) is 1. The zero-order chi connectivity index (χ0) is 22.2. The molecule has 1 saturated heterocycles. The van der Waals surface area contributed by atoms with Gasteiger partial charge in [-0.05, 0) is 58.2 Å². The largest absolute Gasteiger partial charge is 0.459 e. The Balaban J connectivity index is 1.80. The Hall–Kier alpha value is -2.57. The van der Waals surface area contributed by atoms with Crippen molar-refractivity contribution in [2.75, 3.05) is 44.7 Å². The predicted octanol–water partition coefficient (Wildman–Crippen LogP) is 4.46. The molecule has 2 heterocycles. The van der Waals surface area contributed by atoms with Gasteiger partial charge in [0.15, 0.2) is 0 Å². The second-order valence-corrected chi connectivity index (χ2v) is 9.48. The number of aliphatic imine (C=N–C) groups is 1. The van der Waals surface area contributed by atoms with Gasteiger partial charge < -0.3 is 19.4 Å². The minimum absolute atomic E-state index is 0.0917. The number of anilines is 2. The molecule has 0 spiro atoms. The molecule has 0 aliphatic carbocycles. The van der Waals surface area contributed by atoms with Gasteiger partial charge >= 0.3 is 5.97 Å². The fourth-order valence-corrected chi connectivity index (χ4v) is 4.12. The van der Waals surface area contributed by atoms with E-state index in [9.17, 15) is 4.79 Å². The molecule has 6 nitrogen and oxygen atoms in total. The highest BCUT2D eigenvalue weighted by atomic mass is 35.5. The first kappa shape index (κ1) is 21.7. The van der Waals surface area contributed by atoms with E-state index in [2.05, 4.69) is 22.9 Å². The molecule has 2 aliphatic rings. The van der Waals surface area contributed by atoms with Crippen LogP contribution in [-0.2, 0) is 9.53 Å². The van der Waals surface area contributed by atoms with Crippen molar-refractivity contribution in [3.05, 3.63) is 53.1 Å². The van der Waals surface area contributed by atoms with Crippen molar-refractivity contribution in [3.8, 4) is 0 Å². The number of benzene rings is 2. The number of piperazine rings is 1. The number of amidine groups is 1. The van der Waals surface area contributed by atoms with Gasteiger partial charge in [-0.3, -0.25) is 4.79 Å². The Morgan fingerprint density at radius 1 is 1.06 bits per heavy atom. The lowest BCUT2D eigenvalue weighted by Crippen LogP contribution is -2.47. The van der Waals surface area contributed by atoms with Crippen molar-refractivity contribution in [3.63, 3.8) is 0 Å². The van der Waals surface area contributed by atoms with Crippen molar-refractivity contribution in [1.29, 1.82) is 0 Å². The van der Waals surface area contributed by atoms with Gasteiger partial charge in [0.1, 0.15) is 18.0 Å². The molecule has 1 fully saturated rings. The maximum atomic E-state index is 12.8. The monoisotopic (exact) mass is 440 g/mol. The molecular formula is C24H29ClN4O2. The van der Waals surface area contributed by atoms with E-state index in [1.807, 2.05) is 62.1 Å². The smallest absolute Gasteiger partial charge is 0.326 e. The summed E-state index contributed by atoms with van der Waals surface area (Å²) in [7, 11) is 2.14. The molecule has 2 aromatic rings. The maximum Gasteiger partial charge on any atom is 0.326 e. The lowest BCUT2D eigenvalue weighted by Gasteiger charge is -2.35. The van der Waals surface area contributed by atoms with E-state index in [-0.39, 0.29) is 12.5 Å². The molecule has 0 unspecified atom stereocenters. The van der Waals surface area contributed by atoms with E-state index in [1.54, 1.807) is 0 Å². The summed E-state index contributed by atoms with van der Waals surface area (Å²) in [5.41, 5.74) is 2.98. The molecule has 2 aromatic carbocycles. The summed E-state index contributed by atoms with van der Waals surface area (Å²) in [6, 6.07) is 13.7. The number of hydrogen-bond acceptors (Lipinski definition) is 6. The van der Waals surface area contributed by atoms with Crippen molar-refractivity contribution < 1.29 is 9.53 Å². The highest BCUT2D eigenvalue weighted by molar-refractivity contribution is 6.31. The summed E-state index contributed by atoms with van der Waals surface area (Å²) in [5, 5.41) is 0.614. The average Bonchev–Trinajstić information content (AvgIpc) is 2.82. The molecule has 4 rings (SSSR count). The van der Waals surface area contributed by atoms with Crippen molar-refractivity contribution in [2.24, 2.45) is 4.99 Å². The first-order valence-corrected chi connectivity index (χ1v) is 11.0. The van der Waals surface area contributed by atoms with Gasteiger partial charge in [-0.15, -0.1) is 0 Å². The number of carbonyl (C=O) groups excluding carboxylic acids is 1. The number of para-hydroxylation sites is 1. The number of esters is 1. The van der Waals surface area contributed by atoms with Crippen LogP contribution < -0.4 is 4.90 Å². The van der Waals surface area contributed by atoms with Gasteiger partial charge in [0.25, 0.3) is 0 Å². The predicted molar refractivity (Wildman–Crippen MR) is 126 cm³/mol. The van der Waals surface area contributed by atoms with E-state index < -0.39 is 5.60 Å². The maximum absolute atomic E-state index is 12.8. The van der Waals surface area contributed by atoms with E-state index in [0.29, 0.717) is 5.02 Å². The third-order valence-corrected chi connectivity index (χ3v) is 5.64. The Bertz CT molecular complexity index is 1010. The van der Waals surface area contributed by atoms with E-state index in [0.717, 1.165) is 54.6 Å². The number of nitrogens with zero attached hydrogens (tertiary/aromatic N) is 4. The molecule has 7 heteroatoms. The number of carbonyl (C=O) groups is 1. The molecular weight excluding hydrogens is 412 g/mol. The topological polar surface area (TPSA) is 48.4 Å². The molecule has 0 aromatic heterocycles. The summed E-state index contributed by atoms with van der Waals surface area (Å²) < 4.78 is 5.63. The van der Waals surface area contributed by atoms with Crippen molar-refractivity contribution in [2.45, 2.75) is 26.4 Å². The van der Waals surface area contributed by atoms with Crippen LogP contribution in [0, 0.1) is 0 Å². The summed E-state index contributed by atoms with van der Waals surface area (Å²) in [4.78, 5) is 24.5. The van der Waals surface area contributed by atoms with Crippen LogP contribution in [0.1, 0.15) is 26.3 Å². The summed E-state index contributed by atoms with van der Waals surface area (Å²) in [6.07, 6.45) is 0. The fraction of sp³-hybridized carbons (Fsp3) is 0.417. The standard InChI is InChI=1S/C24H29ClN4O2/c1-24(2,3)31-22(30)16-29-20-8-6-5-7-18(20)23(28-13-11-27(4)12-14-28)26-19-15-17(25)9-10-21(19)29/h5-10,15H,11-14,16H2,1-4H3. The van der Waals surface area contributed by atoms with E-state index >= 15 is 0 Å². The van der Waals surface area contributed by atoms with Crippen LogP contribution in [0.3, 0.4) is 0 Å². The molecule has 31 heavy (non-hydrogen) atoms. The second kappa shape index (κ2) is 8.52. The zero-order valence-corrected chi connectivity index (χ0v) is 19.3. The number of rotatable bonds is 2. The number of likely N-dealkylation sites (N-methyl/N-ethyl adjacent to an activating group) is 1. The van der Waals surface area contributed by atoms with Crippen molar-refractivity contribution >= 4 is 40.5 Å². The van der Waals surface area contributed by atoms with Crippen LogP contribution in [0.15, 0.2) is 47.5 Å². The zero-order valence-electron chi connectivity index (χ0n) is 18.6. The molecule has 164 valence electrons. The van der Waals surface area contributed by atoms with Gasteiger partial charge in [0.05, 0.1) is 17.1 Å². The third kappa shape index (κ3) is 4.86. The Labute approximate surface area is 189 Å². The average molecular weight is 441 g/mol. The van der Waals surface area contributed by atoms with Crippen LogP contribution >= 0.6 is 11.6 Å². The van der Waals surface area contributed by atoms with E-state index in [4.69, 9.17) is 21.3 Å². The Kier molecular flexibility index (Phi) is 5.95. The minimum atomic E-state index is -0.549. The lowest BCUT2D eigenvalue weighted by molar-refractivity contribution is -0.152. The number of hydrogen-bond donors (Lipinski definition) is 0. The lowest BCUT2D eigenvalue weighted by atomic mass is 10.1.